The van der Waals surface area contributed by atoms with Gasteiger partial charge in [-0.05, 0) is 43.7 Å². The molecule has 1 rings (SSSR count). The summed E-state index contributed by atoms with van der Waals surface area (Å²) in [5.74, 6) is 3.16. The molecule has 1 saturated heterocycles. The Morgan fingerprint density at radius 1 is 1.44 bits per heavy atom. The first-order valence-electron chi connectivity index (χ1n) is 6.04. The van der Waals surface area contributed by atoms with Crippen molar-refractivity contribution in [3.8, 4) is 0 Å². The molecule has 2 unspecified atom stereocenters. The molecule has 1 heterocycles. The number of carbonyl (C=O) groups is 1. The van der Waals surface area contributed by atoms with E-state index in [1.54, 1.807) is 0 Å². The molecule has 0 radical (unpaired) electrons. The first-order valence-corrected chi connectivity index (χ1v) is 7.19. The summed E-state index contributed by atoms with van der Waals surface area (Å²) in [5, 5.41) is 3.46. The highest BCUT2D eigenvalue weighted by Crippen LogP contribution is 2.22. The van der Waals surface area contributed by atoms with Crippen LogP contribution in [0.25, 0.3) is 0 Å². The van der Waals surface area contributed by atoms with Crippen LogP contribution in [0, 0.1) is 11.8 Å². The van der Waals surface area contributed by atoms with Crippen LogP contribution < -0.4 is 5.32 Å². The van der Waals surface area contributed by atoms with E-state index in [1.807, 2.05) is 18.7 Å². The molecule has 0 bridgehead atoms. The normalized spacial score (nSPS) is 21.4. The number of esters is 1. The Kier molecular flexibility index (Phi) is 6.21. The molecule has 3 nitrogen and oxygen atoms in total. The molecule has 16 heavy (non-hydrogen) atoms. The third-order valence-electron chi connectivity index (χ3n) is 3.39. The van der Waals surface area contributed by atoms with E-state index in [9.17, 15) is 4.79 Å². The van der Waals surface area contributed by atoms with Crippen molar-refractivity contribution in [1.82, 2.24) is 5.32 Å². The zero-order chi connectivity index (χ0) is 12.0. The van der Waals surface area contributed by atoms with Crippen molar-refractivity contribution in [2.24, 2.45) is 11.8 Å². The van der Waals surface area contributed by atoms with Gasteiger partial charge in [0.1, 0.15) is 0 Å². The van der Waals surface area contributed by atoms with Crippen molar-refractivity contribution < 1.29 is 9.53 Å². The van der Waals surface area contributed by atoms with E-state index < -0.39 is 0 Å². The maximum absolute atomic E-state index is 11.3. The van der Waals surface area contributed by atoms with Crippen LogP contribution in [0.4, 0.5) is 0 Å². The Balaban J connectivity index is 2.22. The summed E-state index contributed by atoms with van der Waals surface area (Å²) in [7, 11) is 1.45. The molecular formula is C12H23NO2S. The number of rotatable bonds is 5. The Labute approximate surface area is 103 Å². The molecule has 1 fully saturated rings. The van der Waals surface area contributed by atoms with Crippen LogP contribution in [0.2, 0.25) is 0 Å². The molecule has 0 aromatic heterocycles. The lowest BCUT2D eigenvalue weighted by molar-refractivity contribution is -0.145. The van der Waals surface area contributed by atoms with Crippen LogP contribution in [0.15, 0.2) is 0 Å². The fraction of sp³-hybridized carbons (Fsp3) is 0.917. The Morgan fingerprint density at radius 2 is 2.06 bits per heavy atom. The third kappa shape index (κ3) is 4.34. The average molecular weight is 245 g/mol. The van der Waals surface area contributed by atoms with Gasteiger partial charge in [0.25, 0.3) is 0 Å². The first kappa shape index (κ1) is 13.8. The van der Waals surface area contributed by atoms with Gasteiger partial charge in [0.15, 0.2) is 0 Å². The van der Waals surface area contributed by atoms with Gasteiger partial charge in [-0.15, -0.1) is 0 Å². The molecule has 1 aliphatic heterocycles. The van der Waals surface area contributed by atoms with Gasteiger partial charge in [0, 0.05) is 6.04 Å². The van der Waals surface area contributed by atoms with E-state index in [-0.39, 0.29) is 17.9 Å². The van der Waals surface area contributed by atoms with Crippen molar-refractivity contribution >= 4 is 17.7 Å². The monoisotopic (exact) mass is 245 g/mol. The molecule has 0 saturated carbocycles. The van der Waals surface area contributed by atoms with E-state index >= 15 is 0 Å². The maximum atomic E-state index is 11.3. The second kappa shape index (κ2) is 7.17. The lowest BCUT2D eigenvalue weighted by Crippen LogP contribution is -2.39. The number of methoxy groups -OCH3 is 1. The summed E-state index contributed by atoms with van der Waals surface area (Å²) < 4.78 is 4.74. The van der Waals surface area contributed by atoms with Crippen molar-refractivity contribution in [3.05, 3.63) is 0 Å². The fourth-order valence-corrected chi connectivity index (χ4v) is 3.07. The standard InChI is InChI=1S/C12H23NO2S/c1-9(12(14)15-3)10(2)13-8-11-4-6-16-7-5-11/h9-11,13H,4-8H2,1-3H3. The van der Waals surface area contributed by atoms with Gasteiger partial charge in [-0.25, -0.2) is 0 Å². The Morgan fingerprint density at radius 3 is 2.62 bits per heavy atom. The van der Waals surface area contributed by atoms with Gasteiger partial charge in [-0.1, -0.05) is 6.92 Å². The summed E-state index contributed by atoms with van der Waals surface area (Å²) in [5.41, 5.74) is 0. The van der Waals surface area contributed by atoms with E-state index in [0.717, 1.165) is 12.5 Å². The predicted molar refractivity (Wildman–Crippen MR) is 68.7 cm³/mol. The molecule has 0 spiro atoms. The van der Waals surface area contributed by atoms with E-state index in [2.05, 4.69) is 12.2 Å². The number of hydrogen-bond acceptors (Lipinski definition) is 4. The molecule has 1 N–H and O–H groups in total. The highest BCUT2D eigenvalue weighted by atomic mass is 32.2. The van der Waals surface area contributed by atoms with Crippen molar-refractivity contribution in [2.45, 2.75) is 32.7 Å². The Hall–Kier alpha value is -0.220. The number of thioether (sulfide) groups is 1. The summed E-state index contributed by atoms with van der Waals surface area (Å²) in [4.78, 5) is 11.3. The van der Waals surface area contributed by atoms with Crippen LogP contribution in [-0.4, -0.2) is 37.2 Å². The molecule has 4 heteroatoms. The van der Waals surface area contributed by atoms with Crippen molar-refractivity contribution in [2.75, 3.05) is 25.2 Å². The van der Waals surface area contributed by atoms with Gasteiger partial charge in [0.2, 0.25) is 0 Å². The van der Waals surface area contributed by atoms with Gasteiger partial charge >= 0.3 is 5.97 Å². The van der Waals surface area contributed by atoms with Gasteiger partial charge in [-0.3, -0.25) is 4.79 Å². The molecule has 0 aliphatic carbocycles. The summed E-state index contributed by atoms with van der Waals surface area (Å²) >= 11 is 2.05. The second-order valence-electron chi connectivity index (χ2n) is 4.56. The zero-order valence-electron chi connectivity index (χ0n) is 10.5. The van der Waals surface area contributed by atoms with Gasteiger partial charge < -0.3 is 10.1 Å². The summed E-state index contributed by atoms with van der Waals surface area (Å²) in [6.45, 7) is 5.00. The lowest BCUT2D eigenvalue weighted by Gasteiger charge is -2.25. The number of ether oxygens (including phenoxy) is 1. The molecular weight excluding hydrogens is 222 g/mol. The molecule has 0 amide bonds. The van der Waals surface area contributed by atoms with Crippen molar-refractivity contribution in [3.63, 3.8) is 0 Å². The van der Waals surface area contributed by atoms with Gasteiger partial charge in [-0.2, -0.15) is 11.8 Å². The molecule has 0 aromatic rings. The number of nitrogens with one attached hydrogen (secondary N) is 1. The molecule has 1 aliphatic rings. The minimum Gasteiger partial charge on any atom is -0.469 e. The molecule has 94 valence electrons. The smallest absolute Gasteiger partial charge is 0.309 e. The zero-order valence-corrected chi connectivity index (χ0v) is 11.3. The van der Waals surface area contributed by atoms with Crippen LogP contribution >= 0.6 is 11.8 Å². The third-order valence-corrected chi connectivity index (χ3v) is 4.44. The van der Waals surface area contributed by atoms with Crippen LogP contribution in [-0.2, 0) is 9.53 Å². The SMILES string of the molecule is COC(=O)C(C)C(C)NCC1CCSCC1. The van der Waals surface area contributed by atoms with Crippen LogP contribution in [0.1, 0.15) is 26.7 Å². The topological polar surface area (TPSA) is 38.3 Å². The maximum Gasteiger partial charge on any atom is 0.309 e. The Bertz CT molecular complexity index is 217. The van der Waals surface area contributed by atoms with Crippen LogP contribution in [0.5, 0.6) is 0 Å². The minimum atomic E-state index is -0.126. The highest BCUT2D eigenvalue weighted by molar-refractivity contribution is 7.99. The second-order valence-corrected chi connectivity index (χ2v) is 5.79. The van der Waals surface area contributed by atoms with E-state index in [4.69, 9.17) is 4.74 Å². The predicted octanol–water partition coefficient (Wildman–Crippen LogP) is 1.92. The first-order chi connectivity index (χ1) is 7.65. The van der Waals surface area contributed by atoms with Crippen LogP contribution in [0.3, 0.4) is 0 Å². The van der Waals surface area contributed by atoms with E-state index in [1.165, 1.54) is 31.5 Å². The van der Waals surface area contributed by atoms with Crippen molar-refractivity contribution in [1.29, 1.82) is 0 Å². The largest absolute Gasteiger partial charge is 0.469 e. The lowest BCUT2D eigenvalue weighted by atomic mass is 10.00. The molecule has 2 atom stereocenters. The minimum absolute atomic E-state index is 0.0667. The average Bonchev–Trinajstić information content (AvgIpc) is 2.35. The fourth-order valence-electron chi connectivity index (χ4n) is 1.87. The summed E-state index contributed by atoms with van der Waals surface area (Å²) in [6, 6.07) is 0.196. The summed E-state index contributed by atoms with van der Waals surface area (Å²) in [6.07, 6.45) is 2.61. The quantitative estimate of drug-likeness (QED) is 0.751. The van der Waals surface area contributed by atoms with Gasteiger partial charge in [0.05, 0.1) is 13.0 Å². The molecule has 0 aromatic carbocycles. The van der Waals surface area contributed by atoms with E-state index in [0.29, 0.717) is 0 Å². The highest BCUT2D eigenvalue weighted by Gasteiger charge is 2.22. The number of hydrogen-bond donors (Lipinski definition) is 1. The number of carbonyl (C=O) groups excluding carboxylic acids is 1.